The van der Waals surface area contributed by atoms with E-state index in [0.29, 0.717) is 33.6 Å². The van der Waals surface area contributed by atoms with E-state index in [-0.39, 0.29) is 24.9 Å². The van der Waals surface area contributed by atoms with Crippen LogP contribution in [0.5, 0.6) is 5.75 Å². The predicted molar refractivity (Wildman–Crippen MR) is 114 cm³/mol. The van der Waals surface area contributed by atoms with Crippen molar-refractivity contribution >= 4 is 11.8 Å². The lowest BCUT2D eigenvalue weighted by atomic mass is 9.95. The van der Waals surface area contributed by atoms with Crippen LogP contribution < -0.4 is 15.4 Å². The molecule has 150 valence electrons. The Bertz CT molecular complexity index is 1090. The summed E-state index contributed by atoms with van der Waals surface area (Å²) in [6.45, 7) is 0.558. The summed E-state index contributed by atoms with van der Waals surface area (Å²) in [7, 11) is 1.56. The molecule has 0 atom stereocenters. The van der Waals surface area contributed by atoms with Gasteiger partial charge in [0, 0.05) is 29.8 Å². The third-order valence-corrected chi connectivity index (χ3v) is 4.56. The molecule has 0 aromatic heterocycles. The molecule has 0 fully saturated rings. The zero-order valence-electron chi connectivity index (χ0n) is 16.5. The molecule has 3 aromatic rings. The van der Waals surface area contributed by atoms with Crippen LogP contribution in [0, 0.1) is 11.3 Å². The molecular formula is C24H21N3O3. The van der Waals surface area contributed by atoms with Gasteiger partial charge in [0.25, 0.3) is 11.8 Å². The Labute approximate surface area is 175 Å². The molecular weight excluding hydrogens is 378 g/mol. The van der Waals surface area contributed by atoms with Gasteiger partial charge in [-0.2, -0.15) is 5.26 Å². The predicted octanol–water partition coefficient (Wildman–Crippen LogP) is 3.39. The van der Waals surface area contributed by atoms with Crippen LogP contribution in [0.2, 0.25) is 0 Å². The number of ether oxygens (including phenoxy) is 1. The van der Waals surface area contributed by atoms with Gasteiger partial charge in [-0.05, 0) is 42.0 Å². The molecule has 0 bridgehead atoms. The average molecular weight is 399 g/mol. The van der Waals surface area contributed by atoms with E-state index >= 15 is 0 Å². The summed E-state index contributed by atoms with van der Waals surface area (Å²) in [6.07, 6.45) is 0. The van der Waals surface area contributed by atoms with Crippen molar-refractivity contribution in [2.24, 2.45) is 0 Å². The van der Waals surface area contributed by atoms with Gasteiger partial charge in [0.15, 0.2) is 0 Å². The fourth-order valence-corrected chi connectivity index (χ4v) is 3.02. The number of benzene rings is 3. The Hall–Kier alpha value is -4.11. The lowest BCUT2D eigenvalue weighted by molar-refractivity contribution is 0.0928. The largest absolute Gasteiger partial charge is 0.497 e. The maximum atomic E-state index is 12.7. The molecule has 30 heavy (non-hydrogen) atoms. The molecule has 0 aliphatic heterocycles. The summed E-state index contributed by atoms with van der Waals surface area (Å²) >= 11 is 0. The summed E-state index contributed by atoms with van der Waals surface area (Å²) in [4.78, 5) is 24.9. The van der Waals surface area contributed by atoms with Crippen LogP contribution in [0.1, 0.15) is 26.3 Å². The fraction of sp³-hybridized carbons (Fsp3) is 0.125. The smallest absolute Gasteiger partial charge is 0.251 e. The number of carbonyl (C=O) groups excluding carboxylic acids is 2. The highest BCUT2D eigenvalue weighted by Crippen LogP contribution is 2.26. The van der Waals surface area contributed by atoms with E-state index in [1.807, 2.05) is 24.3 Å². The number of hydrogen-bond acceptors (Lipinski definition) is 4. The van der Waals surface area contributed by atoms with Crippen molar-refractivity contribution in [1.82, 2.24) is 10.6 Å². The highest BCUT2D eigenvalue weighted by Gasteiger charge is 2.14. The zero-order chi connectivity index (χ0) is 21.3. The van der Waals surface area contributed by atoms with E-state index in [9.17, 15) is 14.9 Å². The van der Waals surface area contributed by atoms with Gasteiger partial charge in [0.1, 0.15) is 5.75 Å². The Morgan fingerprint density at radius 3 is 2.10 bits per heavy atom. The lowest BCUT2D eigenvalue weighted by Gasteiger charge is -2.12. The third-order valence-electron chi connectivity index (χ3n) is 4.56. The van der Waals surface area contributed by atoms with E-state index in [2.05, 4.69) is 16.7 Å². The zero-order valence-corrected chi connectivity index (χ0v) is 16.5. The molecule has 2 amide bonds. The Morgan fingerprint density at radius 1 is 0.833 bits per heavy atom. The second-order valence-electron chi connectivity index (χ2n) is 6.44. The first-order valence-corrected chi connectivity index (χ1v) is 9.43. The van der Waals surface area contributed by atoms with Crippen molar-refractivity contribution in [2.75, 3.05) is 20.2 Å². The van der Waals surface area contributed by atoms with Crippen LogP contribution in [-0.4, -0.2) is 32.0 Å². The maximum Gasteiger partial charge on any atom is 0.251 e. The topological polar surface area (TPSA) is 91.2 Å². The molecule has 0 radical (unpaired) electrons. The number of amides is 2. The summed E-state index contributed by atoms with van der Waals surface area (Å²) in [6, 6.07) is 23.2. The van der Waals surface area contributed by atoms with Gasteiger partial charge in [0.2, 0.25) is 0 Å². The molecule has 6 heteroatoms. The normalized spacial score (nSPS) is 10.0. The first-order chi connectivity index (χ1) is 14.6. The van der Waals surface area contributed by atoms with Crippen molar-refractivity contribution in [2.45, 2.75) is 0 Å². The van der Waals surface area contributed by atoms with Gasteiger partial charge >= 0.3 is 0 Å². The minimum Gasteiger partial charge on any atom is -0.497 e. The van der Waals surface area contributed by atoms with Crippen molar-refractivity contribution in [3.05, 3.63) is 89.5 Å². The Balaban J connectivity index is 1.61. The van der Waals surface area contributed by atoms with Gasteiger partial charge in [0.05, 0.1) is 18.7 Å². The second-order valence-corrected chi connectivity index (χ2v) is 6.44. The van der Waals surface area contributed by atoms with E-state index < -0.39 is 0 Å². The standard InChI is InChI=1S/C24H21N3O3/c1-30-19-12-10-17(11-13-19)23(28)26-14-15-27-24(29)22-9-5-4-8-21(22)20-7-3-2-6-18(20)16-25/h2-13H,14-15H2,1H3,(H,26,28)(H,27,29). The van der Waals surface area contributed by atoms with Crippen LogP contribution in [0.3, 0.4) is 0 Å². The SMILES string of the molecule is COc1ccc(C(=O)NCCNC(=O)c2ccccc2-c2ccccc2C#N)cc1. The molecule has 3 rings (SSSR count). The monoisotopic (exact) mass is 399 g/mol. The van der Waals surface area contributed by atoms with Crippen LogP contribution in [-0.2, 0) is 0 Å². The third kappa shape index (κ3) is 4.83. The van der Waals surface area contributed by atoms with Gasteiger partial charge in [-0.15, -0.1) is 0 Å². The highest BCUT2D eigenvalue weighted by atomic mass is 16.5. The molecule has 6 nitrogen and oxygen atoms in total. The van der Waals surface area contributed by atoms with E-state index in [4.69, 9.17) is 4.74 Å². The van der Waals surface area contributed by atoms with Crippen LogP contribution in [0.4, 0.5) is 0 Å². The first-order valence-electron chi connectivity index (χ1n) is 9.43. The molecule has 0 unspecified atom stereocenters. The minimum atomic E-state index is -0.267. The van der Waals surface area contributed by atoms with Crippen molar-refractivity contribution < 1.29 is 14.3 Å². The van der Waals surface area contributed by atoms with Gasteiger partial charge < -0.3 is 15.4 Å². The Morgan fingerprint density at radius 2 is 1.43 bits per heavy atom. The van der Waals surface area contributed by atoms with E-state index in [1.54, 1.807) is 55.6 Å². The van der Waals surface area contributed by atoms with Crippen LogP contribution >= 0.6 is 0 Å². The number of carbonyl (C=O) groups is 2. The van der Waals surface area contributed by atoms with Crippen molar-refractivity contribution in [1.29, 1.82) is 5.26 Å². The van der Waals surface area contributed by atoms with Gasteiger partial charge in [-0.25, -0.2) is 0 Å². The molecule has 0 aliphatic carbocycles. The van der Waals surface area contributed by atoms with Crippen molar-refractivity contribution in [3.8, 4) is 22.9 Å². The molecule has 3 aromatic carbocycles. The number of nitrogens with zero attached hydrogens (tertiary/aromatic N) is 1. The molecule has 2 N–H and O–H groups in total. The molecule has 0 aliphatic rings. The number of methoxy groups -OCH3 is 1. The molecule has 0 saturated carbocycles. The number of nitrogens with one attached hydrogen (secondary N) is 2. The second kappa shape index (κ2) is 9.89. The van der Waals surface area contributed by atoms with E-state index in [0.717, 1.165) is 0 Å². The van der Waals surface area contributed by atoms with Gasteiger partial charge in [-0.3, -0.25) is 9.59 Å². The van der Waals surface area contributed by atoms with Crippen molar-refractivity contribution in [3.63, 3.8) is 0 Å². The highest BCUT2D eigenvalue weighted by molar-refractivity contribution is 6.01. The number of hydrogen-bond donors (Lipinski definition) is 2. The fourth-order valence-electron chi connectivity index (χ4n) is 3.02. The van der Waals surface area contributed by atoms with E-state index in [1.165, 1.54) is 0 Å². The summed E-state index contributed by atoms with van der Waals surface area (Å²) in [5.74, 6) is 0.183. The minimum absolute atomic E-state index is 0.227. The first kappa shape index (κ1) is 20.6. The maximum absolute atomic E-state index is 12.7. The van der Waals surface area contributed by atoms with Crippen LogP contribution in [0.25, 0.3) is 11.1 Å². The molecule has 0 heterocycles. The lowest BCUT2D eigenvalue weighted by Crippen LogP contribution is -2.34. The van der Waals surface area contributed by atoms with Gasteiger partial charge in [-0.1, -0.05) is 36.4 Å². The number of rotatable bonds is 7. The molecule has 0 spiro atoms. The average Bonchev–Trinajstić information content (AvgIpc) is 2.81. The summed E-state index contributed by atoms with van der Waals surface area (Å²) in [5.41, 5.74) is 2.89. The van der Waals surface area contributed by atoms with Crippen LogP contribution in [0.15, 0.2) is 72.8 Å². The molecule has 0 saturated heterocycles. The summed E-state index contributed by atoms with van der Waals surface area (Å²) in [5, 5.41) is 14.9. The number of nitriles is 1. The quantitative estimate of drug-likeness (QED) is 0.596. The summed E-state index contributed by atoms with van der Waals surface area (Å²) < 4.78 is 5.07. The Kier molecular flexibility index (Phi) is 6.80.